The Morgan fingerprint density at radius 1 is 1.38 bits per heavy atom. The molecular weight excluding hydrogens is 314 g/mol. The van der Waals surface area contributed by atoms with E-state index in [0.717, 1.165) is 24.2 Å². The smallest absolute Gasteiger partial charge is 0.326 e. The number of nitrogens with one attached hydrogen (secondary N) is 2. The van der Waals surface area contributed by atoms with Crippen molar-refractivity contribution in [2.75, 3.05) is 13.2 Å². The van der Waals surface area contributed by atoms with Gasteiger partial charge in [0, 0.05) is 6.04 Å². The van der Waals surface area contributed by atoms with Gasteiger partial charge in [0.1, 0.15) is 12.1 Å². The van der Waals surface area contributed by atoms with E-state index in [2.05, 4.69) is 10.6 Å². The summed E-state index contributed by atoms with van der Waals surface area (Å²) in [6, 6.07) is -0.632. The zero-order valence-electron chi connectivity index (χ0n) is 14.4. The highest BCUT2D eigenvalue weighted by Crippen LogP contribution is 2.38. The largest absolute Gasteiger partial charge is 0.454 e. The number of amides is 4. The quantitative estimate of drug-likeness (QED) is 0.562. The molecule has 0 radical (unpaired) electrons. The predicted molar refractivity (Wildman–Crippen MR) is 84.8 cm³/mol. The summed E-state index contributed by atoms with van der Waals surface area (Å²) < 4.78 is 4.84. The molecule has 2 fully saturated rings. The third-order valence-electron chi connectivity index (χ3n) is 4.60. The minimum absolute atomic E-state index is 0.0283. The van der Waals surface area contributed by atoms with Crippen LogP contribution in [0.3, 0.4) is 0 Å². The van der Waals surface area contributed by atoms with Gasteiger partial charge in [0.2, 0.25) is 0 Å². The lowest BCUT2D eigenvalue weighted by atomic mass is 9.73. The standard InChI is InChI=1S/C16H25N3O5/c1-10(2)17-12(20)9-24-13(21)8-19-14(22)16(18-15(19)23)7-5-4-6-11(16)3/h10-11H,4-9H2,1-3H3,(H,17,20)(H,18,23)/t11-,16-/m1/s1. The molecule has 2 aliphatic rings. The zero-order chi connectivity index (χ0) is 17.9. The van der Waals surface area contributed by atoms with Crippen LogP contribution in [-0.2, 0) is 19.1 Å². The molecule has 0 aromatic rings. The predicted octanol–water partition coefficient (Wildman–Crippen LogP) is 0.555. The van der Waals surface area contributed by atoms with Crippen molar-refractivity contribution < 1.29 is 23.9 Å². The Kier molecular flexibility index (Phi) is 5.46. The highest BCUT2D eigenvalue weighted by Gasteiger charge is 2.55. The summed E-state index contributed by atoms with van der Waals surface area (Å²) in [6.45, 7) is 4.61. The summed E-state index contributed by atoms with van der Waals surface area (Å²) >= 11 is 0. The lowest BCUT2D eigenvalue weighted by molar-refractivity contribution is -0.151. The maximum absolute atomic E-state index is 12.7. The van der Waals surface area contributed by atoms with Gasteiger partial charge >= 0.3 is 12.0 Å². The Balaban J connectivity index is 1.92. The fraction of sp³-hybridized carbons (Fsp3) is 0.750. The lowest BCUT2D eigenvalue weighted by Gasteiger charge is -2.36. The molecule has 24 heavy (non-hydrogen) atoms. The van der Waals surface area contributed by atoms with E-state index in [4.69, 9.17) is 4.74 Å². The van der Waals surface area contributed by atoms with Gasteiger partial charge in [-0.05, 0) is 32.6 Å². The number of carbonyl (C=O) groups excluding carboxylic acids is 4. The summed E-state index contributed by atoms with van der Waals surface area (Å²) in [5.41, 5.74) is -0.898. The van der Waals surface area contributed by atoms with Crippen LogP contribution in [0.2, 0.25) is 0 Å². The summed E-state index contributed by atoms with van der Waals surface area (Å²) in [7, 11) is 0. The van der Waals surface area contributed by atoms with Crippen molar-refractivity contribution >= 4 is 23.8 Å². The van der Waals surface area contributed by atoms with E-state index in [1.54, 1.807) is 13.8 Å². The second-order valence-corrected chi connectivity index (χ2v) is 6.82. The average molecular weight is 339 g/mol. The third kappa shape index (κ3) is 3.68. The Morgan fingerprint density at radius 2 is 2.08 bits per heavy atom. The van der Waals surface area contributed by atoms with Crippen molar-refractivity contribution in [1.29, 1.82) is 0 Å². The van der Waals surface area contributed by atoms with Crippen molar-refractivity contribution in [3.63, 3.8) is 0 Å². The number of hydrogen-bond acceptors (Lipinski definition) is 5. The molecule has 0 bridgehead atoms. The number of ether oxygens (including phenoxy) is 1. The molecular formula is C16H25N3O5. The summed E-state index contributed by atoms with van der Waals surface area (Å²) in [5, 5.41) is 5.35. The van der Waals surface area contributed by atoms with E-state index in [-0.39, 0.29) is 17.9 Å². The molecule has 1 aliphatic heterocycles. The van der Waals surface area contributed by atoms with Gasteiger partial charge in [-0.25, -0.2) is 4.79 Å². The number of imide groups is 1. The Bertz CT molecular complexity index is 548. The first-order valence-electron chi connectivity index (χ1n) is 8.35. The van der Waals surface area contributed by atoms with Crippen LogP contribution in [0.5, 0.6) is 0 Å². The van der Waals surface area contributed by atoms with Crippen LogP contribution in [0.25, 0.3) is 0 Å². The van der Waals surface area contributed by atoms with Crippen LogP contribution in [0.4, 0.5) is 4.79 Å². The molecule has 1 saturated carbocycles. The van der Waals surface area contributed by atoms with Gasteiger partial charge in [-0.3, -0.25) is 19.3 Å². The molecule has 134 valence electrons. The number of hydrogen-bond donors (Lipinski definition) is 2. The molecule has 0 unspecified atom stereocenters. The van der Waals surface area contributed by atoms with Gasteiger partial charge in [-0.15, -0.1) is 0 Å². The van der Waals surface area contributed by atoms with E-state index >= 15 is 0 Å². The number of rotatable bonds is 5. The van der Waals surface area contributed by atoms with Gasteiger partial charge in [-0.2, -0.15) is 0 Å². The van der Waals surface area contributed by atoms with Crippen molar-refractivity contribution in [2.24, 2.45) is 5.92 Å². The summed E-state index contributed by atoms with van der Waals surface area (Å²) in [6.07, 6.45) is 3.34. The fourth-order valence-corrected chi connectivity index (χ4v) is 3.32. The third-order valence-corrected chi connectivity index (χ3v) is 4.60. The van der Waals surface area contributed by atoms with Crippen molar-refractivity contribution in [3.05, 3.63) is 0 Å². The molecule has 8 heteroatoms. The van der Waals surface area contributed by atoms with E-state index < -0.39 is 36.6 Å². The molecule has 0 aromatic carbocycles. The second kappa shape index (κ2) is 7.19. The molecule has 1 heterocycles. The number of nitrogens with zero attached hydrogens (tertiary/aromatic N) is 1. The molecule has 2 N–H and O–H groups in total. The molecule has 1 spiro atoms. The zero-order valence-corrected chi connectivity index (χ0v) is 14.4. The van der Waals surface area contributed by atoms with Crippen LogP contribution in [0.15, 0.2) is 0 Å². The van der Waals surface area contributed by atoms with Crippen LogP contribution in [0.1, 0.15) is 46.5 Å². The lowest BCUT2D eigenvalue weighted by Crippen LogP contribution is -2.54. The molecule has 8 nitrogen and oxygen atoms in total. The topological polar surface area (TPSA) is 105 Å². The fourth-order valence-electron chi connectivity index (χ4n) is 3.32. The highest BCUT2D eigenvalue weighted by molar-refractivity contribution is 6.09. The molecule has 0 aromatic heterocycles. The SMILES string of the molecule is CC(C)NC(=O)COC(=O)CN1C(=O)N[C@@]2(CCCC[C@H]2C)C1=O. The van der Waals surface area contributed by atoms with E-state index in [1.807, 2.05) is 6.92 Å². The molecule has 4 amide bonds. The van der Waals surface area contributed by atoms with E-state index in [0.29, 0.717) is 6.42 Å². The first-order chi connectivity index (χ1) is 11.3. The van der Waals surface area contributed by atoms with E-state index in [1.165, 1.54) is 0 Å². The van der Waals surface area contributed by atoms with Crippen molar-refractivity contribution in [1.82, 2.24) is 15.5 Å². The second-order valence-electron chi connectivity index (χ2n) is 6.82. The maximum Gasteiger partial charge on any atom is 0.326 e. The van der Waals surface area contributed by atoms with Gasteiger partial charge in [-0.1, -0.05) is 19.8 Å². The van der Waals surface area contributed by atoms with Crippen LogP contribution >= 0.6 is 0 Å². The van der Waals surface area contributed by atoms with Crippen molar-refractivity contribution in [3.8, 4) is 0 Å². The van der Waals surface area contributed by atoms with Gasteiger partial charge in [0.15, 0.2) is 6.61 Å². The number of esters is 1. The summed E-state index contributed by atoms with van der Waals surface area (Å²) in [5.74, 6) is -1.55. The number of urea groups is 1. The van der Waals surface area contributed by atoms with Gasteiger partial charge < -0.3 is 15.4 Å². The van der Waals surface area contributed by atoms with Crippen LogP contribution in [-0.4, -0.2) is 53.4 Å². The number of carbonyl (C=O) groups is 4. The Morgan fingerprint density at radius 3 is 2.71 bits per heavy atom. The average Bonchev–Trinajstić information content (AvgIpc) is 2.73. The molecule has 1 saturated heterocycles. The first-order valence-corrected chi connectivity index (χ1v) is 8.35. The minimum atomic E-state index is -0.898. The van der Waals surface area contributed by atoms with Crippen molar-refractivity contribution in [2.45, 2.75) is 58.0 Å². The maximum atomic E-state index is 12.7. The Labute approximate surface area is 141 Å². The van der Waals surface area contributed by atoms with E-state index in [9.17, 15) is 19.2 Å². The summed E-state index contributed by atoms with van der Waals surface area (Å²) in [4.78, 5) is 49.0. The molecule has 1 aliphatic carbocycles. The monoisotopic (exact) mass is 339 g/mol. The van der Waals surface area contributed by atoms with Gasteiger partial charge in [0.25, 0.3) is 11.8 Å². The normalized spacial score (nSPS) is 26.7. The minimum Gasteiger partial charge on any atom is -0.454 e. The van der Waals surface area contributed by atoms with Crippen LogP contribution < -0.4 is 10.6 Å². The highest BCUT2D eigenvalue weighted by atomic mass is 16.5. The molecule has 2 rings (SSSR count). The van der Waals surface area contributed by atoms with Crippen LogP contribution in [0, 0.1) is 5.92 Å². The first kappa shape index (κ1) is 18.2. The Hall–Kier alpha value is -2.12. The van der Waals surface area contributed by atoms with Gasteiger partial charge in [0.05, 0.1) is 0 Å². The molecule has 2 atom stereocenters.